The maximum atomic E-state index is 10.9. The molecule has 0 atom stereocenters. The average molecular weight is 354 g/mol. The lowest BCUT2D eigenvalue weighted by Gasteiger charge is -2.10. The predicted octanol–water partition coefficient (Wildman–Crippen LogP) is 5.44. The highest BCUT2D eigenvalue weighted by atomic mass is 35.5. The number of ether oxygens (including phenoxy) is 1. The zero-order valence-corrected chi connectivity index (χ0v) is 14.0. The van der Waals surface area contributed by atoms with E-state index in [1.165, 1.54) is 0 Å². The first-order valence-corrected chi connectivity index (χ1v) is 8.07. The summed E-state index contributed by atoms with van der Waals surface area (Å²) in [5, 5.41) is 12.8. The van der Waals surface area contributed by atoms with Crippen LogP contribution in [0, 0.1) is 0 Å². The van der Waals surface area contributed by atoms with Crippen molar-refractivity contribution in [3.63, 3.8) is 0 Å². The Morgan fingerprint density at radius 1 is 0.960 bits per heavy atom. The van der Waals surface area contributed by atoms with E-state index < -0.39 is 5.97 Å². The van der Waals surface area contributed by atoms with E-state index in [2.05, 4.69) is 5.32 Å². The topological polar surface area (TPSA) is 58.6 Å². The van der Waals surface area contributed by atoms with Crippen LogP contribution in [0.1, 0.15) is 15.9 Å². The molecule has 3 aromatic carbocycles. The smallest absolute Gasteiger partial charge is 0.335 e. The molecule has 0 aliphatic carbocycles. The largest absolute Gasteiger partial charge is 0.478 e. The van der Waals surface area contributed by atoms with Crippen LogP contribution in [0.4, 0.5) is 5.69 Å². The minimum Gasteiger partial charge on any atom is -0.478 e. The average Bonchev–Trinajstić information content (AvgIpc) is 2.63. The van der Waals surface area contributed by atoms with Crippen molar-refractivity contribution in [3.05, 3.63) is 88.9 Å². The van der Waals surface area contributed by atoms with Crippen molar-refractivity contribution in [2.75, 3.05) is 5.32 Å². The number of halogens is 1. The van der Waals surface area contributed by atoms with E-state index in [1.54, 1.807) is 36.4 Å². The number of carbonyl (C=O) groups is 1. The lowest BCUT2D eigenvalue weighted by Crippen LogP contribution is -2.01. The first-order chi connectivity index (χ1) is 12.1. The predicted molar refractivity (Wildman–Crippen MR) is 98.7 cm³/mol. The molecule has 0 heterocycles. The van der Waals surface area contributed by atoms with Crippen molar-refractivity contribution < 1.29 is 14.6 Å². The second kappa shape index (κ2) is 7.73. The Hall–Kier alpha value is -2.98. The zero-order chi connectivity index (χ0) is 17.6. The Balaban J connectivity index is 1.63. The molecule has 0 unspecified atom stereocenters. The molecule has 0 aromatic heterocycles. The highest BCUT2D eigenvalue weighted by molar-refractivity contribution is 6.30. The molecule has 2 N–H and O–H groups in total. The molecule has 25 heavy (non-hydrogen) atoms. The summed E-state index contributed by atoms with van der Waals surface area (Å²) in [6, 6.07) is 21.6. The molecule has 0 aliphatic rings. The van der Waals surface area contributed by atoms with E-state index >= 15 is 0 Å². The number of nitrogens with one attached hydrogen (secondary N) is 1. The molecule has 4 nitrogen and oxygen atoms in total. The number of hydrogen-bond acceptors (Lipinski definition) is 3. The van der Waals surface area contributed by atoms with Gasteiger partial charge in [0.25, 0.3) is 0 Å². The molecule has 0 spiro atoms. The molecule has 126 valence electrons. The first-order valence-electron chi connectivity index (χ1n) is 7.70. The van der Waals surface area contributed by atoms with Gasteiger partial charge in [-0.15, -0.1) is 0 Å². The van der Waals surface area contributed by atoms with Crippen LogP contribution in [0.15, 0.2) is 72.8 Å². The monoisotopic (exact) mass is 353 g/mol. The molecule has 0 saturated heterocycles. The van der Waals surface area contributed by atoms with Crippen LogP contribution in [0.3, 0.4) is 0 Å². The van der Waals surface area contributed by atoms with Crippen LogP contribution in [-0.2, 0) is 6.54 Å². The molecule has 0 aliphatic heterocycles. The molecule has 0 bridgehead atoms. The van der Waals surface area contributed by atoms with E-state index in [9.17, 15) is 4.79 Å². The van der Waals surface area contributed by atoms with Gasteiger partial charge in [-0.05, 0) is 66.2 Å². The second-order valence-corrected chi connectivity index (χ2v) is 5.88. The van der Waals surface area contributed by atoms with Crippen molar-refractivity contribution in [3.8, 4) is 11.5 Å². The third-order valence-corrected chi connectivity index (χ3v) is 3.83. The van der Waals surface area contributed by atoms with Gasteiger partial charge in [0.1, 0.15) is 11.5 Å². The summed E-state index contributed by atoms with van der Waals surface area (Å²) >= 11 is 5.87. The summed E-state index contributed by atoms with van der Waals surface area (Å²) in [6.45, 7) is 0.601. The highest BCUT2D eigenvalue weighted by Gasteiger charge is 2.03. The second-order valence-electron chi connectivity index (χ2n) is 5.44. The van der Waals surface area contributed by atoms with Crippen molar-refractivity contribution in [1.82, 2.24) is 0 Å². The van der Waals surface area contributed by atoms with Crippen LogP contribution in [0.5, 0.6) is 11.5 Å². The van der Waals surface area contributed by atoms with Gasteiger partial charge in [-0.3, -0.25) is 0 Å². The van der Waals surface area contributed by atoms with Gasteiger partial charge in [0.05, 0.1) is 5.56 Å². The van der Waals surface area contributed by atoms with Gasteiger partial charge in [0, 0.05) is 17.3 Å². The standard InChI is InChI=1S/C20H16ClNO3/c21-16-6-10-18(11-7-16)25-19-3-1-2-14(12-19)13-22-17-8-4-15(5-9-17)20(23)24/h1-12,22H,13H2,(H,23,24). The van der Waals surface area contributed by atoms with Gasteiger partial charge in [-0.2, -0.15) is 0 Å². The van der Waals surface area contributed by atoms with E-state index in [1.807, 2.05) is 36.4 Å². The van der Waals surface area contributed by atoms with Crippen molar-refractivity contribution >= 4 is 23.3 Å². The Morgan fingerprint density at radius 3 is 2.36 bits per heavy atom. The van der Waals surface area contributed by atoms with Crippen LogP contribution in [-0.4, -0.2) is 11.1 Å². The third kappa shape index (κ3) is 4.75. The number of carboxylic acid groups (broad SMARTS) is 1. The van der Waals surface area contributed by atoms with Crippen LogP contribution < -0.4 is 10.1 Å². The Labute approximate surface area is 150 Å². The Morgan fingerprint density at radius 2 is 1.68 bits per heavy atom. The molecular weight excluding hydrogens is 338 g/mol. The molecule has 0 saturated carbocycles. The minimum absolute atomic E-state index is 0.268. The SMILES string of the molecule is O=C(O)c1ccc(NCc2cccc(Oc3ccc(Cl)cc3)c2)cc1. The highest BCUT2D eigenvalue weighted by Crippen LogP contribution is 2.24. The summed E-state index contributed by atoms with van der Waals surface area (Å²) in [5.41, 5.74) is 2.17. The molecular formula is C20H16ClNO3. The maximum absolute atomic E-state index is 10.9. The minimum atomic E-state index is -0.932. The lowest BCUT2D eigenvalue weighted by atomic mass is 10.2. The van der Waals surface area contributed by atoms with E-state index in [0.29, 0.717) is 11.6 Å². The van der Waals surface area contributed by atoms with Crippen molar-refractivity contribution in [2.24, 2.45) is 0 Å². The van der Waals surface area contributed by atoms with Gasteiger partial charge in [-0.25, -0.2) is 4.79 Å². The summed E-state index contributed by atoms with van der Waals surface area (Å²) in [4.78, 5) is 10.9. The van der Waals surface area contributed by atoms with Crippen molar-refractivity contribution in [1.29, 1.82) is 0 Å². The van der Waals surface area contributed by atoms with E-state index in [4.69, 9.17) is 21.4 Å². The number of rotatable bonds is 6. The fourth-order valence-electron chi connectivity index (χ4n) is 2.29. The van der Waals surface area contributed by atoms with E-state index in [0.717, 1.165) is 22.7 Å². The fourth-order valence-corrected chi connectivity index (χ4v) is 2.42. The molecule has 5 heteroatoms. The van der Waals surface area contributed by atoms with Gasteiger partial charge >= 0.3 is 5.97 Å². The summed E-state index contributed by atoms with van der Waals surface area (Å²) in [5.74, 6) is 0.528. The summed E-state index contributed by atoms with van der Waals surface area (Å²) in [6.07, 6.45) is 0. The summed E-state index contributed by atoms with van der Waals surface area (Å²) in [7, 11) is 0. The van der Waals surface area contributed by atoms with Crippen LogP contribution in [0.25, 0.3) is 0 Å². The number of hydrogen-bond donors (Lipinski definition) is 2. The maximum Gasteiger partial charge on any atom is 0.335 e. The van der Waals surface area contributed by atoms with Gasteiger partial charge in [-0.1, -0.05) is 23.7 Å². The molecule has 0 fully saturated rings. The molecule has 3 rings (SSSR count). The molecule has 0 amide bonds. The van der Waals surface area contributed by atoms with Crippen LogP contribution in [0.2, 0.25) is 5.02 Å². The first kappa shape index (κ1) is 16.9. The molecule has 3 aromatic rings. The normalized spacial score (nSPS) is 10.3. The Bertz CT molecular complexity index is 861. The number of anilines is 1. The number of aromatic carboxylic acids is 1. The zero-order valence-electron chi connectivity index (χ0n) is 13.3. The quantitative estimate of drug-likeness (QED) is 0.619. The van der Waals surface area contributed by atoms with Gasteiger partial charge in [0.2, 0.25) is 0 Å². The van der Waals surface area contributed by atoms with Crippen molar-refractivity contribution in [2.45, 2.75) is 6.54 Å². The third-order valence-electron chi connectivity index (χ3n) is 3.58. The molecule has 0 radical (unpaired) electrons. The van der Waals surface area contributed by atoms with Gasteiger partial charge in [0.15, 0.2) is 0 Å². The lowest BCUT2D eigenvalue weighted by molar-refractivity contribution is 0.0697. The summed E-state index contributed by atoms with van der Waals surface area (Å²) < 4.78 is 5.82. The number of carboxylic acids is 1. The van der Waals surface area contributed by atoms with Crippen LogP contribution >= 0.6 is 11.6 Å². The Kier molecular flexibility index (Phi) is 5.21. The fraction of sp³-hybridized carbons (Fsp3) is 0.0500. The van der Waals surface area contributed by atoms with Gasteiger partial charge < -0.3 is 15.2 Å². The number of benzene rings is 3. The van der Waals surface area contributed by atoms with E-state index in [-0.39, 0.29) is 5.56 Å².